The minimum atomic E-state index is -0.320. The van der Waals surface area contributed by atoms with Gasteiger partial charge >= 0.3 is 0 Å². The summed E-state index contributed by atoms with van der Waals surface area (Å²) in [7, 11) is 1.96. The first-order valence-electron chi connectivity index (χ1n) is 6.28. The fraction of sp³-hybridized carbons (Fsp3) is 0.857. The first-order valence-corrected chi connectivity index (χ1v) is 8.96. The molecule has 0 saturated carbocycles. The quantitative estimate of drug-likeness (QED) is 0.686. The summed E-state index contributed by atoms with van der Waals surface area (Å²) in [4.78, 5) is 2.52. The van der Waals surface area contributed by atoms with Crippen LogP contribution in [0.2, 0.25) is 0 Å². The van der Waals surface area contributed by atoms with Crippen LogP contribution in [0.15, 0.2) is 0 Å². The van der Waals surface area contributed by atoms with Crippen molar-refractivity contribution in [1.29, 1.82) is 0 Å². The van der Waals surface area contributed by atoms with Crippen molar-refractivity contribution in [3.8, 4) is 12.8 Å². The molecule has 0 aromatic heterocycles. The highest BCUT2D eigenvalue weighted by atomic mass is 32.3. The molecule has 1 aliphatic heterocycles. The molecule has 0 aromatic carbocycles. The normalized spacial score (nSPS) is 23.2. The molecule has 1 unspecified atom stereocenters. The Bertz CT molecular complexity index is 198. The predicted molar refractivity (Wildman–Crippen MR) is 79.6 cm³/mol. The Labute approximate surface area is 104 Å². The zero-order chi connectivity index (χ0) is 12.6. The summed E-state index contributed by atoms with van der Waals surface area (Å²) in [5.41, 5.74) is 0. The monoisotopic (exact) mass is 243 g/mol. The Morgan fingerprint density at radius 1 is 1.31 bits per heavy atom. The molecule has 0 aromatic rings. The molecule has 1 atom stereocenters. The van der Waals surface area contributed by atoms with E-state index in [2.05, 4.69) is 44.2 Å². The standard InChI is InChI=1S/C12H27NS.C2H2/c1-5-6-10-14(3,4)12-8-7-9-13(2)11-12;1-2/h12H,5-11H2,1-4H3;1-2H. The number of terminal acetylenes is 1. The van der Waals surface area contributed by atoms with Gasteiger partial charge in [0, 0.05) is 11.8 Å². The highest BCUT2D eigenvalue weighted by Gasteiger charge is 2.27. The molecule has 0 aliphatic carbocycles. The third-order valence-electron chi connectivity index (χ3n) is 3.51. The Morgan fingerprint density at radius 2 is 1.94 bits per heavy atom. The van der Waals surface area contributed by atoms with Gasteiger partial charge in [0.15, 0.2) is 0 Å². The second-order valence-corrected chi connectivity index (χ2v) is 9.53. The second kappa shape index (κ2) is 8.03. The number of piperidine rings is 1. The lowest BCUT2D eigenvalue weighted by Crippen LogP contribution is -2.38. The van der Waals surface area contributed by atoms with E-state index in [1.54, 1.807) is 0 Å². The molecule has 2 heteroatoms. The summed E-state index contributed by atoms with van der Waals surface area (Å²) in [6, 6.07) is 0. The van der Waals surface area contributed by atoms with Crippen LogP contribution >= 0.6 is 10.0 Å². The summed E-state index contributed by atoms with van der Waals surface area (Å²) in [5, 5.41) is 1.01. The lowest BCUT2D eigenvalue weighted by atomic mass is 10.1. The van der Waals surface area contributed by atoms with E-state index in [1.807, 2.05) is 0 Å². The summed E-state index contributed by atoms with van der Waals surface area (Å²) >= 11 is 0. The second-order valence-electron chi connectivity index (χ2n) is 5.21. The van der Waals surface area contributed by atoms with E-state index in [4.69, 9.17) is 0 Å². The van der Waals surface area contributed by atoms with Gasteiger partial charge in [0.2, 0.25) is 0 Å². The van der Waals surface area contributed by atoms with Gasteiger partial charge in [0.05, 0.1) is 0 Å². The highest BCUT2D eigenvalue weighted by Crippen LogP contribution is 2.49. The van der Waals surface area contributed by atoms with E-state index in [9.17, 15) is 0 Å². The molecule has 16 heavy (non-hydrogen) atoms. The molecule has 1 fully saturated rings. The summed E-state index contributed by atoms with van der Waals surface area (Å²) in [6.45, 7) is 4.98. The van der Waals surface area contributed by atoms with Gasteiger partial charge in [-0.15, -0.1) is 12.8 Å². The molecule has 0 N–H and O–H groups in total. The van der Waals surface area contributed by atoms with Gasteiger partial charge in [-0.05, 0) is 51.1 Å². The number of unbranched alkanes of at least 4 members (excludes halogenated alkanes) is 1. The van der Waals surface area contributed by atoms with Crippen molar-refractivity contribution in [1.82, 2.24) is 4.90 Å². The van der Waals surface area contributed by atoms with Crippen LogP contribution in [0.1, 0.15) is 32.6 Å². The number of likely N-dealkylation sites (tertiary alicyclic amines) is 1. The van der Waals surface area contributed by atoms with E-state index >= 15 is 0 Å². The molecule has 1 aliphatic rings. The number of nitrogens with zero attached hydrogens (tertiary/aromatic N) is 1. The fourth-order valence-corrected chi connectivity index (χ4v) is 5.15. The van der Waals surface area contributed by atoms with Gasteiger partial charge in [-0.25, -0.2) is 10.0 Å². The van der Waals surface area contributed by atoms with Crippen molar-refractivity contribution >= 4 is 10.0 Å². The fourth-order valence-electron chi connectivity index (χ4n) is 2.32. The zero-order valence-corrected chi connectivity index (χ0v) is 12.4. The van der Waals surface area contributed by atoms with Crippen molar-refractivity contribution in [3.63, 3.8) is 0 Å². The smallest absolute Gasteiger partial charge is 0.00831 e. The van der Waals surface area contributed by atoms with Crippen molar-refractivity contribution in [2.75, 3.05) is 38.4 Å². The molecular weight excluding hydrogens is 214 g/mol. The van der Waals surface area contributed by atoms with Gasteiger partial charge in [-0.3, -0.25) is 0 Å². The van der Waals surface area contributed by atoms with E-state index in [-0.39, 0.29) is 10.0 Å². The number of rotatable bonds is 4. The van der Waals surface area contributed by atoms with Crippen molar-refractivity contribution in [2.24, 2.45) is 0 Å². The van der Waals surface area contributed by atoms with Crippen LogP contribution in [-0.4, -0.2) is 48.6 Å². The number of hydrogen-bond acceptors (Lipinski definition) is 1. The average Bonchev–Trinajstić information content (AvgIpc) is 2.29. The Morgan fingerprint density at radius 3 is 2.44 bits per heavy atom. The van der Waals surface area contributed by atoms with Crippen LogP contribution < -0.4 is 0 Å². The molecule has 0 amide bonds. The Kier molecular flexibility index (Phi) is 7.97. The van der Waals surface area contributed by atoms with Gasteiger partial charge in [0.1, 0.15) is 0 Å². The third-order valence-corrected chi connectivity index (χ3v) is 7.04. The maximum Gasteiger partial charge on any atom is 0.00831 e. The minimum absolute atomic E-state index is 0.320. The van der Waals surface area contributed by atoms with Crippen LogP contribution in [0.4, 0.5) is 0 Å². The highest BCUT2D eigenvalue weighted by molar-refractivity contribution is 8.33. The summed E-state index contributed by atoms with van der Waals surface area (Å²) in [5.74, 6) is 1.49. The largest absolute Gasteiger partial charge is 0.305 e. The van der Waals surface area contributed by atoms with Gasteiger partial charge in [-0.2, -0.15) is 0 Å². The van der Waals surface area contributed by atoms with Crippen LogP contribution in [0.3, 0.4) is 0 Å². The molecular formula is C14H29NS. The average molecular weight is 243 g/mol. The van der Waals surface area contributed by atoms with Gasteiger partial charge < -0.3 is 4.90 Å². The van der Waals surface area contributed by atoms with Crippen LogP contribution in [0.25, 0.3) is 0 Å². The topological polar surface area (TPSA) is 3.24 Å². The molecule has 0 spiro atoms. The van der Waals surface area contributed by atoms with Crippen LogP contribution in [0.5, 0.6) is 0 Å². The Hall–Kier alpha value is -0.130. The molecule has 0 bridgehead atoms. The predicted octanol–water partition coefficient (Wildman–Crippen LogP) is 3.19. The van der Waals surface area contributed by atoms with E-state index < -0.39 is 0 Å². The molecule has 1 heterocycles. The van der Waals surface area contributed by atoms with Crippen LogP contribution in [0, 0.1) is 12.8 Å². The van der Waals surface area contributed by atoms with Crippen molar-refractivity contribution in [2.45, 2.75) is 37.9 Å². The minimum Gasteiger partial charge on any atom is -0.305 e. The summed E-state index contributed by atoms with van der Waals surface area (Å²) < 4.78 is 0. The lowest BCUT2D eigenvalue weighted by molar-refractivity contribution is 0.282. The maximum absolute atomic E-state index is 4.00. The summed E-state index contributed by atoms with van der Waals surface area (Å²) in [6.07, 6.45) is 18.8. The van der Waals surface area contributed by atoms with E-state index in [0.717, 1.165) is 5.25 Å². The van der Waals surface area contributed by atoms with Crippen molar-refractivity contribution < 1.29 is 0 Å². The first-order chi connectivity index (χ1) is 7.56. The SMILES string of the molecule is C#C.CCCCS(C)(C)C1CCCN(C)C1. The van der Waals surface area contributed by atoms with Gasteiger partial charge in [0.25, 0.3) is 0 Å². The zero-order valence-electron chi connectivity index (χ0n) is 11.5. The molecule has 1 saturated heterocycles. The van der Waals surface area contributed by atoms with E-state index in [0.29, 0.717) is 0 Å². The van der Waals surface area contributed by atoms with E-state index in [1.165, 1.54) is 44.5 Å². The molecule has 0 radical (unpaired) electrons. The molecule has 1 rings (SSSR count). The molecule has 1 nitrogen and oxygen atoms in total. The Balaban J connectivity index is 0.00000106. The van der Waals surface area contributed by atoms with Crippen molar-refractivity contribution in [3.05, 3.63) is 0 Å². The number of hydrogen-bond donors (Lipinski definition) is 0. The lowest BCUT2D eigenvalue weighted by Gasteiger charge is -2.44. The molecule has 96 valence electrons. The van der Waals surface area contributed by atoms with Gasteiger partial charge in [-0.1, -0.05) is 13.3 Å². The maximum atomic E-state index is 4.00. The third kappa shape index (κ3) is 5.27. The van der Waals surface area contributed by atoms with Crippen LogP contribution in [-0.2, 0) is 0 Å². The first kappa shape index (κ1) is 15.9.